The molecule has 12 heteroatoms. The smallest absolute Gasteiger partial charge is 0.123 e. The van der Waals surface area contributed by atoms with E-state index >= 15 is 0 Å². The minimum Gasteiger partial charge on any atom is -0.390 e. The molecular formula is C27H38I2N6O4. The average molecular weight is 764 g/mol. The molecule has 1 N–H and O–H groups in total. The van der Waals surface area contributed by atoms with Gasteiger partial charge in [-0.15, -0.1) is 0 Å². The van der Waals surface area contributed by atoms with Crippen LogP contribution in [0.25, 0.3) is 0 Å². The van der Waals surface area contributed by atoms with Crippen LogP contribution in [0.2, 0.25) is 0 Å². The SMILES string of the molecule is Ic1ccn(CC(CN2CCOCC2)OCc2ccccc2)n1.OC(CN1CCOCC1)Cn1ccc(I)n1. The summed E-state index contributed by atoms with van der Waals surface area (Å²) in [7, 11) is 0. The number of ether oxygens (including phenoxy) is 3. The van der Waals surface area contributed by atoms with Crippen molar-refractivity contribution in [2.24, 2.45) is 0 Å². The molecule has 2 fully saturated rings. The van der Waals surface area contributed by atoms with Gasteiger partial charge in [0.1, 0.15) is 7.40 Å². The van der Waals surface area contributed by atoms with Crippen molar-refractivity contribution in [3.63, 3.8) is 0 Å². The summed E-state index contributed by atoms with van der Waals surface area (Å²) in [4.78, 5) is 4.64. The third kappa shape index (κ3) is 11.7. The molecule has 0 spiro atoms. The maximum atomic E-state index is 9.92. The highest BCUT2D eigenvalue weighted by Gasteiger charge is 2.19. The van der Waals surface area contributed by atoms with E-state index in [1.54, 1.807) is 4.68 Å². The Hall–Kier alpha value is -1.14. The molecule has 2 aliphatic rings. The number of nitrogens with zero attached hydrogens (tertiary/aromatic N) is 6. The van der Waals surface area contributed by atoms with Gasteiger partial charge < -0.3 is 19.3 Å². The van der Waals surface area contributed by atoms with Gasteiger partial charge in [0, 0.05) is 51.7 Å². The van der Waals surface area contributed by atoms with Gasteiger partial charge >= 0.3 is 0 Å². The second-order valence-corrected chi connectivity index (χ2v) is 11.8. The summed E-state index contributed by atoms with van der Waals surface area (Å²) in [5.74, 6) is 0. The highest BCUT2D eigenvalue weighted by molar-refractivity contribution is 14.1. The molecule has 2 aliphatic heterocycles. The van der Waals surface area contributed by atoms with E-state index < -0.39 is 0 Å². The van der Waals surface area contributed by atoms with Gasteiger partial charge in [0.2, 0.25) is 0 Å². The molecule has 2 unspecified atom stereocenters. The average Bonchev–Trinajstić information content (AvgIpc) is 3.56. The lowest BCUT2D eigenvalue weighted by atomic mass is 10.2. The van der Waals surface area contributed by atoms with E-state index in [1.807, 2.05) is 47.4 Å². The van der Waals surface area contributed by atoms with Crippen LogP contribution in [-0.2, 0) is 33.9 Å². The monoisotopic (exact) mass is 764 g/mol. The van der Waals surface area contributed by atoms with Crippen LogP contribution < -0.4 is 0 Å². The molecule has 0 aliphatic carbocycles. The van der Waals surface area contributed by atoms with Gasteiger partial charge in [-0.25, -0.2) is 0 Å². The Morgan fingerprint density at radius 2 is 1.28 bits per heavy atom. The van der Waals surface area contributed by atoms with Crippen LogP contribution in [0.1, 0.15) is 5.56 Å². The molecule has 10 nitrogen and oxygen atoms in total. The van der Waals surface area contributed by atoms with Gasteiger partial charge in [0.05, 0.1) is 58.3 Å². The van der Waals surface area contributed by atoms with Gasteiger partial charge in [-0.05, 0) is 62.9 Å². The van der Waals surface area contributed by atoms with Crippen molar-refractivity contribution < 1.29 is 19.3 Å². The van der Waals surface area contributed by atoms with Gasteiger partial charge in [-0.3, -0.25) is 19.2 Å². The third-order valence-corrected chi connectivity index (χ3v) is 7.62. The summed E-state index contributed by atoms with van der Waals surface area (Å²) >= 11 is 4.40. The lowest BCUT2D eigenvalue weighted by molar-refractivity contribution is -0.0252. The molecule has 5 rings (SSSR count). The second-order valence-electron chi connectivity index (χ2n) is 9.62. The summed E-state index contributed by atoms with van der Waals surface area (Å²) in [5.41, 5.74) is 1.20. The lowest BCUT2D eigenvalue weighted by Crippen LogP contribution is -2.43. The molecule has 4 heterocycles. The molecule has 0 radical (unpaired) electrons. The Balaban J connectivity index is 0.000000193. The van der Waals surface area contributed by atoms with Crippen molar-refractivity contribution in [2.75, 3.05) is 65.7 Å². The molecule has 214 valence electrons. The van der Waals surface area contributed by atoms with Crippen LogP contribution >= 0.6 is 45.2 Å². The van der Waals surface area contributed by atoms with Crippen LogP contribution in [0, 0.1) is 7.40 Å². The predicted molar refractivity (Wildman–Crippen MR) is 165 cm³/mol. The number of aliphatic hydroxyl groups excluding tert-OH is 1. The van der Waals surface area contributed by atoms with E-state index in [-0.39, 0.29) is 12.2 Å². The first-order valence-electron chi connectivity index (χ1n) is 13.3. The molecule has 2 aromatic heterocycles. The first-order valence-corrected chi connectivity index (χ1v) is 15.5. The highest BCUT2D eigenvalue weighted by atomic mass is 127. The number of benzene rings is 1. The normalized spacial score (nSPS) is 18.3. The number of aromatic nitrogens is 4. The van der Waals surface area contributed by atoms with E-state index in [0.29, 0.717) is 19.7 Å². The molecule has 0 bridgehead atoms. The molecule has 2 saturated heterocycles. The van der Waals surface area contributed by atoms with Gasteiger partial charge in [-0.1, -0.05) is 30.3 Å². The van der Waals surface area contributed by atoms with E-state index in [9.17, 15) is 5.11 Å². The summed E-state index contributed by atoms with van der Waals surface area (Å²) in [6.07, 6.45) is 3.65. The fourth-order valence-electron chi connectivity index (χ4n) is 4.46. The molecule has 0 amide bonds. The number of halogens is 2. The van der Waals surface area contributed by atoms with Crippen LogP contribution in [0.4, 0.5) is 0 Å². The van der Waals surface area contributed by atoms with E-state index in [1.165, 1.54) is 5.56 Å². The van der Waals surface area contributed by atoms with Crippen molar-refractivity contribution in [3.8, 4) is 0 Å². The molecule has 39 heavy (non-hydrogen) atoms. The zero-order valence-electron chi connectivity index (χ0n) is 22.2. The highest BCUT2D eigenvalue weighted by Crippen LogP contribution is 2.10. The number of β-amino-alcohol motifs (C(OH)–C–C–N with tert-alkyl or cyclic N) is 1. The first kappa shape index (κ1) is 30.8. The first-order chi connectivity index (χ1) is 19.0. The number of aliphatic hydroxyl groups is 1. The van der Waals surface area contributed by atoms with Crippen LogP contribution in [-0.4, -0.2) is 112 Å². The zero-order valence-corrected chi connectivity index (χ0v) is 26.5. The lowest BCUT2D eigenvalue weighted by Gasteiger charge is -2.30. The van der Waals surface area contributed by atoms with Crippen molar-refractivity contribution in [3.05, 3.63) is 67.8 Å². The van der Waals surface area contributed by atoms with Crippen molar-refractivity contribution >= 4 is 45.2 Å². The minimum atomic E-state index is -0.367. The van der Waals surface area contributed by atoms with Crippen molar-refractivity contribution in [2.45, 2.75) is 31.9 Å². The fourth-order valence-corrected chi connectivity index (χ4v) is 5.34. The zero-order chi connectivity index (χ0) is 27.3. The Labute approximate surface area is 257 Å². The van der Waals surface area contributed by atoms with Gasteiger partial charge in [0.15, 0.2) is 0 Å². The quantitative estimate of drug-likeness (QED) is 0.299. The molecule has 2 atom stereocenters. The van der Waals surface area contributed by atoms with Crippen LogP contribution in [0.3, 0.4) is 0 Å². The van der Waals surface area contributed by atoms with Crippen LogP contribution in [0.5, 0.6) is 0 Å². The second kappa shape index (κ2) is 17.0. The number of morpholine rings is 2. The largest absolute Gasteiger partial charge is 0.390 e. The minimum absolute atomic E-state index is 0.115. The van der Waals surface area contributed by atoms with E-state index in [2.05, 4.69) is 77.3 Å². The molecule has 0 saturated carbocycles. The van der Waals surface area contributed by atoms with Crippen LogP contribution in [0.15, 0.2) is 54.9 Å². The maximum Gasteiger partial charge on any atom is 0.123 e. The Morgan fingerprint density at radius 3 is 1.82 bits per heavy atom. The summed E-state index contributed by atoms with van der Waals surface area (Å²) in [6.45, 7) is 10.5. The molecule has 3 aromatic rings. The number of rotatable bonds is 11. The van der Waals surface area contributed by atoms with E-state index in [0.717, 1.165) is 73.1 Å². The maximum absolute atomic E-state index is 9.92. The number of hydrogen-bond donors (Lipinski definition) is 1. The van der Waals surface area contributed by atoms with Gasteiger partial charge in [-0.2, -0.15) is 10.2 Å². The van der Waals surface area contributed by atoms with Crippen molar-refractivity contribution in [1.82, 2.24) is 29.4 Å². The van der Waals surface area contributed by atoms with Gasteiger partial charge in [0.25, 0.3) is 0 Å². The summed E-state index contributed by atoms with van der Waals surface area (Å²) in [5, 5.41) is 18.6. The third-order valence-electron chi connectivity index (χ3n) is 6.47. The van der Waals surface area contributed by atoms with Crippen molar-refractivity contribution in [1.29, 1.82) is 0 Å². The molecular weight excluding hydrogens is 726 g/mol. The number of hydrogen-bond acceptors (Lipinski definition) is 8. The predicted octanol–water partition coefficient (Wildman–Crippen LogP) is 2.59. The summed E-state index contributed by atoms with van der Waals surface area (Å²) in [6, 6.07) is 14.3. The Bertz CT molecular complexity index is 1070. The molecule has 1 aromatic carbocycles. The van der Waals surface area contributed by atoms with E-state index in [4.69, 9.17) is 14.2 Å². The standard InChI is InChI=1S/C17H22IN3O2.C10H16IN3O2/c18-17-6-7-21(19-17)13-16(12-20-8-10-22-11-9-20)23-14-15-4-2-1-3-5-15;11-10-1-2-14(12-10)8-9(15)7-13-3-5-16-6-4-13/h1-7,16H,8-14H2;1-2,9,15H,3-8H2. The topological polar surface area (TPSA) is 90.0 Å². The Morgan fingerprint density at radius 1 is 0.744 bits per heavy atom. The Kier molecular flexibility index (Phi) is 13.4. The fraction of sp³-hybridized carbons (Fsp3) is 0.556. The summed E-state index contributed by atoms with van der Waals surface area (Å²) < 4.78 is 22.6.